The fourth-order valence-electron chi connectivity index (χ4n) is 10.7. The van der Waals surface area contributed by atoms with Crippen molar-refractivity contribution < 1.29 is 10.2 Å². The minimum Gasteiger partial charge on any atom is -0.400 e. The molecular formula is C30H54O2. The van der Waals surface area contributed by atoms with Crippen LogP contribution < -0.4 is 0 Å². The lowest BCUT2D eigenvalue weighted by Gasteiger charge is -2.68. The van der Waals surface area contributed by atoms with Crippen molar-refractivity contribution in [2.24, 2.45) is 51.2 Å². The molecule has 0 aromatic carbocycles. The number of rotatable bonds is 1. The van der Waals surface area contributed by atoms with Crippen LogP contribution in [-0.2, 0) is 0 Å². The van der Waals surface area contributed by atoms with Crippen molar-refractivity contribution in [1.29, 1.82) is 0 Å². The smallest absolute Gasteiger partial charge is 0.0490 e. The molecule has 0 aliphatic heterocycles. The summed E-state index contributed by atoms with van der Waals surface area (Å²) in [5.74, 6) is 4.60. The number of hydrogen-bond donors (Lipinski definition) is 2. The Morgan fingerprint density at radius 1 is 0.750 bits per heavy atom. The monoisotopic (exact) mass is 446 g/mol. The second-order valence-electron chi connectivity index (χ2n) is 13.3. The first-order valence-corrected chi connectivity index (χ1v) is 13.8. The van der Waals surface area contributed by atoms with Gasteiger partial charge < -0.3 is 10.2 Å². The van der Waals surface area contributed by atoms with Crippen molar-refractivity contribution in [3.8, 4) is 0 Å². The largest absolute Gasteiger partial charge is 0.400 e. The second kappa shape index (κ2) is 9.73. The third-order valence-electron chi connectivity index (χ3n) is 11.8. The van der Waals surface area contributed by atoms with Crippen LogP contribution in [0.25, 0.3) is 0 Å². The summed E-state index contributed by atoms with van der Waals surface area (Å²) in [6.45, 7) is 16.3. The van der Waals surface area contributed by atoms with Gasteiger partial charge in [0.25, 0.3) is 0 Å². The molecule has 0 bridgehead atoms. The van der Waals surface area contributed by atoms with Gasteiger partial charge in [-0.3, -0.25) is 0 Å². The van der Waals surface area contributed by atoms with E-state index in [0.29, 0.717) is 28.3 Å². The number of aliphatic hydroxyl groups excluding tert-OH is 2. The maximum Gasteiger partial charge on any atom is 0.0490 e. The second-order valence-corrected chi connectivity index (χ2v) is 13.3. The van der Waals surface area contributed by atoms with E-state index < -0.39 is 0 Å². The quantitative estimate of drug-likeness (QED) is 0.406. The highest BCUT2D eigenvalue weighted by Gasteiger charge is 2.65. The number of fused-ring (bicyclic) bond motifs is 7. The van der Waals surface area contributed by atoms with Crippen LogP contribution in [0.5, 0.6) is 0 Å². The molecule has 2 heteroatoms. The van der Waals surface area contributed by atoms with E-state index in [1.807, 2.05) is 6.92 Å². The predicted molar refractivity (Wildman–Crippen MR) is 136 cm³/mol. The van der Waals surface area contributed by atoms with Crippen molar-refractivity contribution in [2.75, 3.05) is 13.7 Å². The zero-order valence-corrected chi connectivity index (χ0v) is 22.3. The lowest BCUT2D eigenvalue weighted by molar-refractivity contribution is -0.197. The van der Waals surface area contributed by atoms with E-state index in [9.17, 15) is 5.11 Å². The Bertz CT molecular complexity index is 641. The van der Waals surface area contributed by atoms with Gasteiger partial charge >= 0.3 is 0 Å². The third-order valence-corrected chi connectivity index (χ3v) is 11.8. The van der Waals surface area contributed by atoms with Crippen molar-refractivity contribution in [1.82, 2.24) is 0 Å². The molecule has 5 aliphatic rings. The summed E-state index contributed by atoms with van der Waals surface area (Å²) in [7, 11) is 1.00. The van der Waals surface area contributed by atoms with Gasteiger partial charge in [-0.25, -0.2) is 0 Å². The van der Waals surface area contributed by atoms with E-state index in [2.05, 4.69) is 34.3 Å². The third kappa shape index (κ3) is 3.94. The molecule has 5 aliphatic carbocycles. The molecule has 0 aromatic rings. The summed E-state index contributed by atoms with van der Waals surface area (Å²) in [6.07, 6.45) is 18.9. The van der Waals surface area contributed by atoms with Crippen molar-refractivity contribution in [3.63, 3.8) is 0 Å². The fourth-order valence-corrected chi connectivity index (χ4v) is 10.7. The van der Waals surface area contributed by atoms with Gasteiger partial charge in [-0.2, -0.15) is 0 Å². The molecule has 0 spiro atoms. The zero-order chi connectivity index (χ0) is 23.8. The standard InChI is InChI=1S/C26H44O.C3H6.CH4O/c1-23(2)12-6-13-25(4)21(23)11-15-24(3)19-10-16-26(17-27)14-5-7-20(26)18(19)8-9-22(24)25;1-3-2;1-2/h18-22,27H,5-17H2,1-4H3;3H,1H2,2H3;2H,1H3. The fraction of sp³-hybridized carbons (Fsp3) is 0.933. The highest BCUT2D eigenvalue weighted by atomic mass is 16.3. The van der Waals surface area contributed by atoms with E-state index in [1.165, 1.54) is 77.0 Å². The van der Waals surface area contributed by atoms with E-state index in [0.717, 1.165) is 36.7 Å². The first-order valence-electron chi connectivity index (χ1n) is 13.8. The number of hydrogen-bond acceptors (Lipinski definition) is 2. The van der Waals surface area contributed by atoms with E-state index in [-0.39, 0.29) is 0 Å². The molecule has 5 rings (SSSR count). The van der Waals surface area contributed by atoms with Crippen molar-refractivity contribution in [3.05, 3.63) is 12.7 Å². The summed E-state index contributed by atoms with van der Waals surface area (Å²) in [6, 6.07) is 0. The van der Waals surface area contributed by atoms with Crippen LogP contribution in [0.4, 0.5) is 0 Å². The maximum absolute atomic E-state index is 10.3. The maximum atomic E-state index is 10.3. The summed E-state index contributed by atoms with van der Waals surface area (Å²) in [5.41, 5.74) is 2.03. The SMILES string of the molecule is C=CC.CC1(C)CCCC2(C)C1CCC1(C)C3CCC4(CO)CCCC4C3CCC12.CO. The van der Waals surface area contributed by atoms with Crippen LogP contribution in [0.1, 0.15) is 112 Å². The van der Waals surface area contributed by atoms with Gasteiger partial charge in [-0.05, 0) is 122 Å². The normalized spacial score (nSPS) is 48.3. The van der Waals surface area contributed by atoms with Crippen molar-refractivity contribution in [2.45, 2.75) is 112 Å². The van der Waals surface area contributed by atoms with E-state index >= 15 is 0 Å². The molecule has 186 valence electrons. The van der Waals surface area contributed by atoms with Gasteiger partial charge in [0, 0.05) is 13.7 Å². The lowest BCUT2D eigenvalue weighted by Crippen LogP contribution is -2.61. The van der Waals surface area contributed by atoms with Gasteiger partial charge in [0.05, 0.1) is 0 Å². The zero-order valence-electron chi connectivity index (χ0n) is 22.3. The van der Waals surface area contributed by atoms with Gasteiger partial charge in [0.15, 0.2) is 0 Å². The Balaban J connectivity index is 0.000000536. The Hall–Kier alpha value is -0.340. The van der Waals surface area contributed by atoms with E-state index in [1.54, 1.807) is 6.08 Å². The molecule has 8 atom stereocenters. The van der Waals surface area contributed by atoms with Gasteiger partial charge in [0.1, 0.15) is 0 Å². The van der Waals surface area contributed by atoms with Gasteiger partial charge in [-0.15, -0.1) is 6.58 Å². The van der Waals surface area contributed by atoms with Crippen LogP contribution in [0.15, 0.2) is 12.7 Å². The lowest BCUT2D eigenvalue weighted by atomic mass is 9.36. The molecule has 2 nitrogen and oxygen atoms in total. The molecule has 0 heterocycles. The Kier molecular flexibility index (Phi) is 7.98. The molecule has 0 aromatic heterocycles. The van der Waals surface area contributed by atoms with Gasteiger partial charge in [-0.1, -0.05) is 46.6 Å². The first kappa shape index (κ1) is 26.3. The molecule has 32 heavy (non-hydrogen) atoms. The topological polar surface area (TPSA) is 40.5 Å². The van der Waals surface area contributed by atoms with Crippen LogP contribution >= 0.6 is 0 Å². The summed E-state index contributed by atoms with van der Waals surface area (Å²) in [4.78, 5) is 0. The predicted octanol–water partition coefficient (Wildman–Crippen LogP) is 7.63. The molecule has 0 amide bonds. The van der Waals surface area contributed by atoms with Gasteiger partial charge in [0.2, 0.25) is 0 Å². The Labute approximate surface area is 199 Å². The highest BCUT2D eigenvalue weighted by molar-refractivity contribution is 5.14. The molecule has 8 unspecified atom stereocenters. The average molecular weight is 447 g/mol. The molecular weight excluding hydrogens is 392 g/mol. The van der Waals surface area contributed by atoms with Crippen LogP contribution in [0.3, 0.4) is 0 Å². The van der Waals surface area contributed by atoms with Crippen LogP contribution in [0, 0.1) is 51.2 Å². The van der Waals surface area contributed by atoms with E-state index in [4.69, 9.17) is 5.11 Å². The number of allylic oxidation sites excluding steroid dienone is 1. The Morgan fingerprint density at radius 2 is 1.44 bits per heavy atom. The molecule has 5 saturated carbocycles. The average Bonchev–Trinajstić information content (AvgIpc) is 3.20. The first-order chi connectivity index (χ1) is 15.2. The van der Waals surface area contributed by atoms with Crippen LogP contribution in [0.2, 0.25) is 0 Å². The summed E-state index contributed by atoms with van der Waals surface area (Å²) >= 11 is 0. The minimum atomic E-state index is 0.318. The Morgan fingerprint density at radius 3 is 2.09 bits per heavy atom. The molecule has 0 radical (unpaired) electrons. The molecule has 5 fully saturated rings. The molecule has 0 saturated heterocycles. The van der Waals surface area contributed by atoms with Crippen LogP contribution in [-0.4, -0.2) is 23.9 Å². The summed E-state index contributed by atoms with van der Waals surface area (Å²) < 4.78 is 0. The minimum absolute atomic E-state index is 0.318. The summed E-state index contributed by atoms with van der Waals surface area (Å²) in [5, 5.41) is 17.3. The molecule has 2 N–H and O–H groups in total. The number of aliphatic hydroxyl groups is 2. The van der Waals surface area contributed by atoms with Crippen molar-refractivity contribution >= 4 is 0 Å². The highest BCUT2D eigenvalue weighted by Crippen LogP contribution is 2.72.